The SMILES string of the molecule is CCCC(C)C(Cl)c1ccc(F)cc1F. The molecule has 1 aromatic carbocycles. The lowest BCUT2D eigenvalue weighted by Crippen LogP contribution is -2.06. The van der Waals surface area contributed by atoms with Gasteiger partial charge >= 0.3 is 0 Å². The molecule has 0 nitrogen and oxygen atoms in total. The second-order valence-electron chi connectivity index (χ2n) is 3.83. The fourth-order valence-corrected chi connectivity index (χ4v) is 1.94. The van der Waals surface area contributed by atoms with Gasteiger partial charge in [0.15, 0.2) is 0 Å². The molecule has 0 saturated heterocycles. The zero-order valence-corrected chi connectivity index (χ0v) is 9.69. The number of alkyl halides is 1. The average molecular weight is 233 g/mol. The van der Waals surface area contributed by atoms with Crippen LogP contribution < -0.4 is 0 Å². The maximum Gasteiger partial charge on any atom is 0.130 e. The first-order valence-electron chi connectivity index (χ1n) is 5.15. The predicted molar refractivity (Wildman–Crippen MR) is 59.0 cm³/mol. The minimum absolute atomic E-state index is 0.191. The molecule has 3 heteroatoms. The third-order valence-electron chi connectivity index (χ3n) is 2.50. The molecule has 15 heavy (non-hydrogen) atoms. The molecule has 0 aliphatic heterocycles. The van der Waals surface area contributed by atoms with Gasteiger partial charge in [-0.1, -0.05) is 26.3 Å². The highest BCUT2D eigenvalue weighted by atomic mass is 35.5. The fraction of sp³-hybridized carbons (Fsp3) is 0.500. The van der Waals surface area contributed by atoms with Crippen molar-refractivity contribution in [1.29, 1.82) is 0 Å². The van der Waals surface area contributed by atoms with Crippen LogP contribution in [0.3, 0.4) is 0 Å². The van der Waals surface area contributed by atoms with Crippen LogP contribution in [-0.2, 0) is 0 Å². The average Bonchev–Trinajstić information content (AvgIpc) is 2.17. The molecule has 0 radical (unpaired) electrons. The molecule has 0 spiro atoms. The van der Waals surface area contributed by atoms with Crippen LogP contribution in [0.1, 0.15) is 37.6 Å². The van der Waals surface area contributed by atoms with E-state index in [9.17, 15) is 8.78 Å². The normalized spacial score (nSPS) is 15.0. The Balaban J connectivity index is 2.86. The first kappa shape index (κ1) is 12.4. The molecule has 2 unspecified atom stereocenters. The summed E-state index contributed by atoms with van der Waals surface area (Å²) in [4.78, 5) is 0. The molecule has 0 bridgehead atoms. The van der Waals surface area contributed by atoms with Crippen molar-refractivity contribution in [3.63, 3.8) is 0 Å². The highest BCUT2D eigenvalue weighted by Crippen LogP contribution is 2.33. The van der Waals surface area contributed by atoms with Crippen LogP contribution in [-0.4, -0.2) is 0 Å². The zero-order valence-electron chi connectivity index (χ0n) is 8.93. The van der Waals surface area contributed by atoms with Gasteiger partial charge in [-0.05, 0) is 18.4 Å². The lowest BCUT2D eigenvalue weighted by atomic mass is 9.96. The van der Waals surface area contributed by atoms with E-state index in [2.05, 4.69) is 6.92 Å². The Morgan fingerprint density at radius 3 is 2.53 bits per heavy atom. The van der Waals surface area contributed by atoms with E-state index < -0.39 is 11.6 Å². The fourth-order valence-electron chi connectivity index (χ4n) is 1.63. The van der Waals surface area contributed by atoms with Gasteiger partial charge in [0.05, 0.1) is 5.38 Å². The predicted octanol–water partition coefficient (Wildman–Crippen LogP) is 4.68. The van der Waals surface area contributed by atoms with Crippen LogP contribution in [0.25, 0.3) is 0 Å². The quantitative estimate of drug-likeness (QED) is 0.661. The molecule has 1 rings (SSSR count). The van der Waals surface area contributed by atoms with Crippen molar-refractivity contribution in [2.24, 2.45) is 5.92 Å². The van der Waals surface area contributed by atoms with E-state index in [1.165, 1.54) is 12.1 Å². The van der Waals surface area contributed by atoms with E-state index in [-0.39, 0.29) is 11.3 Å². The number of hydrogen-bond acceptors (Lipinski definition) is 0. The van der Waals surface area contributed by atoms with E-state index in [1.54, 1.807) is 0 Å². The van der Waals surface area contributed by atoms with Gasteiger partial charge in [0.25, 0.3) is 0 Å². The molecule has 0 fully saturated rings. The van der Waals surface area contributed by atoms with Gasteiger partial charge in [0, 0.05) is 11.6 Å². The van der Waals surface area contributed by atoms with E-state index in [1.807, 2.05) is 6.92 Å². The maximum atomic E-state index is 13.4. The Labute approximate surface area is 94.3 Å². The monoisotopic (exact) mass is 232 g/mol. The van der Waals surface area contributed by atoms with Crippen molar-refractivity contribution in [2.45, 2.75) is 32.1 Å². The molecule has 0 saturated carbocycles. The number of hydrogen-bond donors (Lipinski definition) is 0. The van der Waals surface area contributed by atoms with Crippen LogP contribution in [0.5, 0.6) is 0 Å². The number of benzene rings is 1. The van der Waals surface area contributed by atoms with E-state index in [0.29, 0.717) is 5.56 Å². The van der Waals surface area contributed by atoms with Gasteiger partial charge in [-0.15, -0.1) is 11.6 Å². The highest BCUT2D eigenvalue weighted by Gasteiger charge is 2.19. The molecule has 0 aliphatic rings. The summed E-state index contributed by atoms with van der Waals surface area (Å²) in [5.74, 6) is -0.933. The molecule has 0 aromatic heterocycles. The standard InChI is InChI=1S/C12H15ClF2/c1-3-4-8(2)12(13)10-6-5-9(14)7-11(10)15/h5-8,12H,3-4H2,1-2H3. The van der Waals surface area contributed by atoms with Crippen molar-refractivity contribution in [3.8, 4) is 0 Å². The van der Waals surface area contributed by atoms with Gasteiger partial charge < -0.3 is 0 Å². The smallest absolute Gasteiger partial charge is 0.130 e. The largest absolute Gasteiger partial charge is 0.207 e. The summed E-state index contributed by atoms with van der Waals surface area (Å²) in [7, 11) is 0. The summed E-state index contributed by atoms with van der Waals surface area (Å²) in [6, 6.07) is 3.55. The van der Waals surface area contributed by atoms with E-state index in [4.69, 9.17) is 11.6 Å². The van der Waals surface area contributed by atoms with Crippen molar-refractivity contribution < 1.29 is 8.78 Å². The molecule has 2 atom stereocenters. The summed E-state index contributed by atoms with van der Waals surface area (Å²) in [5.41, 5.74) is 0.388. The molecular weight excluding hydrogens is 218 g/mol. The Morgan fingerprint density at radius 2 is 2.00 bits per heavy atom. The summed E-state index contributed by atoms with van der Waals surface area (Å²) >= 11 is 6.13. The van der Waals surface area contributed by atoms with Gasteiger partial charge in [0.1, 0.15) is 11.6 Å². The van der Waals surface area contributed by atoms with Crippen LogP contribution in [0.2, 0.25) is 0 Å². The van der Waals surface area contributed by atoms with E-state index in [0.717, 1.165) is 18.9 Å². The second-order valence-corrected chi connectivity index (χ2v) is 4.30. The van der Waals surface area contributed by atoms with Gasteiger partial charge in [-0.2, -0.15) is 0 Å². The number of rotatable bonds is 4. The Hall–Kier alpha value is -0.630. The topological polar surface area (TPSA) is 0 Å². The van der Waals surface area contributed by atoms with E-state index >= 15 is 0 Å². The van der Waals surface area contributed by atoms with Crippen LogP contribution in [0.15, 0.2) is 18.2 Å². The molecule has 0 heterocycles. The van der Waals surface area contributed by atoms with Crippen molar-refractivity contribution in [2.75, 3.05) is 0 Å². The van der Waals surface area contributed by atoms with Crippen molar-refractivity contribution in [3.05, 3.63) is 35.4 Å². The lowest BCUT2D eigenvalue weighted by Gasteiger charge is -2.18. The van der Waals surface area contributed by atoms with Gasteiger partial charge in [-0.25, -0.2) is 8.78 Å². The summed E-state index contributed by atoms with van der Waals surface area (Å²) < 4.78 is 26.1. The molecule has 0 N–H and O–H groups in total. The molecule has 0 amide bonds. The van der Waals surface area contributed by atoms with Crippen LogP contribution in [0.4, 0.5) is 8.78 Å². The van der Waals surface area contributed by atoms with Gasteiger partial charge in [-0.3, -0.25) is 0 Å². The first-order valence-corrected chi connectivity index (χ1v) is 5.59. The third kappa shape index (κ3) is 3.16. The van der Waals surface area contributed by atoms with Crippen molar-refractivity contribution >= 4 is 11.6 Å². The highest BCUT2D eigenvalue weighted by molar-refractivity contribution is 6.21. The zero-order chi connectivity index (χ0) is 11.4. The first-order chi connectivity index (χ1) is 7.06. The molecular formula is C12H15ClF2. The lowest BCUT2D eigenvalue weighted by molar-refractivity contribution is 0.486. The van der Waals surface area contributed by atoms with Gasteiger partial charge in [0.2, 0.25) is 0 Å². The Morgan fingerprint density at radius 1 is 1.33 bits per heavy atom. The third-order valence-corrected chi connectivity index (χ3v) is 3.17. The summed E-state index contributed by atoms with van der Waals surface area (Å²) in [5, 5.41) is -0.384. The molecule has 0 aliphatic carbocycles. The molecule has 1 aromatic rings. The summed E-state index contributed by atoms with van der Waals surface area (Å²) in [6.07, 6.45) is 1.94. The van der Waals surface area contributed by atoms with Crippen LogP contribution >= 0.6 is 11.6 Å². The Bertz CT molecular complexity index is 325. The Kier molecular flexibility index (Phi) is 4.52. The minimum atomic E-state index is -0.566. The molecule has 84 valence electrons. The maximum absolute atomic E-state index is 13.4. The second kappa shape index (κ2) is 5.45. The van der Waals surface area contributed by atoms with Crippen molar-refractivity contribution in [1.82, 2.24) is 0 Å². The van der Waals surface area contributed by atoms with Crippen LogP contribution in [0, 0.1) is 17.6 Å². The minimum Gasteiger partial charge on any atom is -0.207 e. The number of halogens is 3. The summed E-state index contributed by atoms with van der Waals surface area (Å²) in [6.45, 7) is 4.03.